The second-order valence-corrected chi connectivity index (χ2v) is 6.88. The zero-order valence-electron chi connectivity index (χ0n) is 14.8. The molecule has 0 saturated heterocycles. The molecule has 2 amide bonds. The Kier molecular flexibility index (Phi) is 5.63. The molecule has 3 rings (SSSR count). The summed E-state index contributed by atoms with van der Waals surface area (Å²) in [5.74, 6) is -0.333. The number of carbonyl (C=O) groups excluding carboxylic acids is 2. The summed E-state index contributed by atoms with van der Waals surface area (Å²) in [6.45, 7) is 3.88. The van der Waals surface area contributed by atoms with E-state index >= 15 is 0 Å². The average Bonchev–Trinajstić information content (AvgIpc) is 3.08. The van der Waals surface area contributed by atoms with E-state index < -0.39 is 0 Å². The number of hydrogen-bond donors (Lipinski definition) is 1. The number of likely N-dealkylation sites (N-methyl/N-ethyl adjacent to an activating group) is 1. The van der Waals surface area contributed by atoms with Crippen LogP contribution in [0.3, 0.4) is 0 Å². The topological polar surface area (TPSA) is 62.3 Å². The van der Waals surface area contributed by atoms with Crippen LogP contribution in [0.1, 0.15) is 31.0 Å². The summed E-state index contributed by atoms with van der Waals surface area (Å²) in [5, 5.41) is 5.85. The second kappa shape index (κ2) is 8.10. The van der Waals surface area contributed by atoms with Gasteiger partial charge in [-0.3, -0.25) is 14.6 Å². The lowest BCUT2D eigenvalue weighted by Crippen LogP contribution is -2.42. The fraction of sp³-hybridized carbons (Fsp3) is 0.250. The Hall–Kier alpha value is -2.73. The van der Waals surface area contributed by atoms with Crippen LogP contribution in [0.4, 0.5) is 0 Å². The number of thiophene rings is 1. The molecule has 0 radical (unpaired) electrons. The lowest BCUT2D eigenvalue weighted by molar-refractivity contribution is -0.133. The number of nitrogens with one attached hydrogen (secondary N) is 1. The molecule has 6 heteroatoms. The Labute approximate surface area is 156 Å². The highest BCUT2D eigenvalue weighted by molar-refractivity contribution is 7.17. The van der Waals surface area contributed by atoms with Crippen molar-refractivity contribution in [2.24, 2.45) is 0 Å². The van der Waals surface area contributed by atoms with E-state index in [9.17, 15) is 9.59 Å². The molecule has 1 atom stereocenters. The van der Waals surface area contributed by atoms with Crippen molar-refractivity contribution < 1.29 is 9.59 Å². The number of nitrogens with zero attached hydrogens (tertiary/aromatic N) is 2. The molecular formula is C20H21N3O2S. The maximum absolute atomic E-state index is 12.8. The van der Waals surface area contributed by atoms with Crippen molar-refractivity contribution in [2.75, 3.05) is 13.1 Å². The highest BCUT2D eigenvalue weighted by atomic mass is 32.1. The van der Waals surface area contributed by atoms with E-state index in [1.807, 2.05) is 31.2 Å². The van der Waals surface area contributed by atoms with E-state index in [-0.39, 0.29) is 24.4 Å². The molecule has 0 saturated carbocycles. The molecule has 0 aliphatic carbocycles. The molecule has 1 aromatic carbocycles. The standard InChI is InChI=1S/C20H21N3O2S/c1-3-23(19(25)12-22-14(2)24)20(15-7-6-10-21-11-15)17-13-26-18-9-5-4-8-16(17)18/h4-11,13,20H,3,12H2,1-2H3,(H,22,24). The molecule has 134 valence electrons. The van der Waals surface area contributed by atoms with Crippen molar-refractivity contribution >= 4 is 33.2 Å². The van der Waals surface area contributed by atoms with Gasteiger partial charge in [0.1, 0.15) is 0 Å². The maximum Gasteiger partial charge on any atom is 0.242 e. The monoisotopic (exact) mass is 367 g/mol. The van der Waals surface area contributed by atoms with Gasteiger partial charge in [-0.05, 0) is 40.9 Å². The first-order valence-corrected chi connectivity index (χ1v) is 9.39. The molecule has 0 spiro atoms. The summed E-state index contributed by atoms with van der Waals surface area (Å²) in [7, 11) is 0. The lowest BCUT2D eigenvalue weighted by atomic mass is 9.97. The van der Waals surface area contributed by atoms with Gasteiger partial charge in [-0.2, -0.15) is 0 Å². The Balaban J connectivity index is 2.06. The first kappa shape index (κ1) is 18.1. The van der Waals surface area contributed by atoms with Gasteiger partial charge >= 0.3 is 0 Å². The minimum Gasteiger partial charge on any atom is -0.347 e. The van der Waals surface area contributed by atoms with Crippen LogP contribution in [0.2, 0.25) is 0 Å². The number of rotatable bonds is 6. The van der Waals surface area contributed by atoms with Crippen LogP contribution in [0, 0.1) is 0 Å². The zero-order valence-corrected chi connectivity index (χ0v) is 15.6. The van der Waals surface area contributed by atoms with Crippen LogP contribution in [-0.2, 0) is 9.59 Å². The number of benzene rings is 1. The molecule has 1 N–H and O–H groups in total. The number of carbonyl (C=O) groups is 2. The summed E-state index contributed by atoms with van der Waals surface area (Å²) < 4.78 is 1.18. The molecule has 2 heterocycles. The van der Waals surface area contributed by atoms with Gasteiger partial charge in [-0.1, -0.05) is 24.3 Å². The van der Waals surface area contributed by atoms with Crippen molar-refractivity contribution in [1.82, 2.24) is 15.2 Å². The van der Waals surface area contributed by atoms with Gasteiger partial charge in [-0.15, -0.1) is 11.3 Å². The molecule has 26 heavy (non-hydrogen) atoms. The molecular weight excluding hydrogens is 346 g/mol. The molecule has 1 unspecified atom stereocenters. The highest BCUT2D eigenvalue weighted by Crippen LogP contribution is 2.36. The molecule has 3 aromatic rings. The summed E-state index contributed by atoms with van der Waals surface area (Å²) in [6, 6.07) is 11.8. The minimum atomic E-state index is -0.244. The van der Waals surface area contributed by atoms with Crippen LogP contribution >= 0.6 is 11.3 Å². The van der Waals surface area contributed by atoms with Gasteiger partial charge in [-0.25, -0.2) is 0 Å². The van der Waals surface area contributed by atoms with E-state index in [2.05, 4.69) is 27.8 Å². The third kappa shape index (κ3) is 3.75. The summed E-state index contributed by atoms with van der Waals surface area (Å²) >= 11 is 1.67. The lowest BCUT2D eigenvalue weighted by Gasteiger charge is -2.31. The van der Waals surface area contributed by atoms with Crippen molar-refractivity contribution in [1.29, 1.82) is 0 Å². The van der Waals surface area contributed by atoms with E-state index in [1.54, 1.807) is 28.6 Å². The first-order valence-electron chi connectivity index (χ1n) is 8.51. The van der Waals surface area contributed by atoms with E-state index in [4.69, 9.17) is 0 Å². The van der Waals surface area contributed by atoms with Crippen LogP contribution in [-0.4, -0.2) is 34.8 Å². The summed E-state index contributed by atoms with van der Waals surface area (Å²) in [5.41, 5.74) is 2.03. The van der Waals surface area contributed by atoms with E-state index in [0.717, 1.165) is 16.5 Å². The van der Waals surface area contributed by atoms with Crippen molar-refractivity contribution in [3.8, 4) is 0 Å². The summed E-state index contributed by atoms with van der Waals surface area (Å²) in [6.07, 6.45) is 3.52. The van der Waals surface area contributed by atoms with Crippen molar-refractivity contribution in [3.05, 3.63) is 65.3 Å². The van der Waals surface area contributed by atoms with Gasteiger partial charge < -0.3 is 10.2 Å². The highest BCUT2D eigenvalue weighted by Gasteiger charge is 2.27. The Morgan fingerprint density at radius 1 is 1.23 bits per heavy atom. The maximum atomic E-state index is 12.8. The first-order chi connectivity index (χ1) is 12.6. The smallest absolute Gasteiger partial charge is 0.242 e. The van der Waals surface area contributed by atoms with Crippen LogP contribution in [0.25, 0.3) is 10.1 Å². The van der Waals surface area contributed by atoms with Crippen molar-refractivity contribution in [3.63, 3.8) is 0 Å². The SMILES string of the molecule is CCN(C(=O)CNC(C)=O)C(c1cccnc1)c1csc2ccccc12. The molecule has 0 bridgehead atoms. The van der Waals surface area contributed by atoms with Gasteiger partial charge in [0.15, 0.2) is 0 Å². The van der Waals surface area contributed by atoms with Crippen LogP contribution < -0.4 is 5.32 Å². The number of amides is 2. The van der Waals surface area contributed by atoms with Gasteiger partial charge in [0.25, 0.3) is 0 Å². The predicted octanol–water partition coefficient (Wildman–Crippen LogP) is 3.37. The van der Waals surface area contributed by atoms with Gasteiger partial charge in [0.05, 0.1) is 12.6 Å². The third-order valence-electron chi connectivity index (χ3n) is 4.27. The largest absolute Gasteiger partial charge is 0.347 e. The molecule has 0 aliphatic heterocycles. The average molecular weight is 367 g/mol. The van der Waals surface area contributed by atoms with Gasteiger partial charge in [0.2, 0.25) is 11.8 Å². The molecule has 5 nitrogen and oxygen atoms in total. The van der Waals surface area contributed by atoms with Crippen molar-refractivity contribution in [2.45, 2.75) is 19.9 Å². The summed E-state index contributed by atoms with van der Waals surface area (Å²) in [4.78, 5) is 30.1. The fourth-order valence-corrected chi connectivity index (χ4v) is 4.06. The predicted molar refractivity (Wildman–Crippen MR) is 104 cm³/mol. The van der Waals surface area contributed by atoms with Crippen LogP contribution in [0.5, 0.6) is 0 Å². The molecule has 0 fully saturated rings. The Bertz CT molecular complexity index is 908. The number of fused-ring (bicyclic) bond motifs is 1. The van der Waals surface area contributed by atoms with Gasteiger partial charge in [0, 0.05) is 30.6 Å². The zero-order chi connectivity index (χ0) is 18.5. The fourth-order valence-electron chi connectivity index (χ4n) is 3.08. The Morgan fingerprint density at radius 2 is 2.04 bits per heavy atom. The van der Waals surface area contributed by atoms with E-state index in [0.29, 0.717) is 6.54 Å². The second-order valence-electron chi connectivity index (χ2n) is 5.97. The van der Waals surface area contributed by atoms with E-state index in [1.165, 1.54) is 11.6 Å². The normalized spacial score (nSPS) is 11.9. The number of aromatic nitrogens is 1. The minimum absolute atomic E-state index is 0.0119. The molecule has 2 aromatic heterocycles. The third-order valence-corrected chi connectivity index (χ3v) is 5.25. The quantitative estimate of drug-likeness (QED) is 0.727. The number of hydrogen-bond acceptors (Lipinski definition) is 4. The van der Waals surface area contributed by atoms with Crippen LogP contribution in [0.15, 0.2) is 54.2 Å². The number of pyridine rings is 1. The Morgan fingerprint density at radius 3 is 2.73 bits per heavy atom. The molecule has 0 aliphatic rings.